The van der Waals surface area contributed by atoms with Gasteiger partial charge in [-0.2, -0.15) is 0 Å². The van der Waals surface area contributed by atoms with Crippen LogP contribution in [0.1, 0.15) is 33.1 Å². The van der Waals surface area contributed by atoms with Crippen molar-refractivity contribution in [1.29, 1.82) is 0 Å². The van der Waals surface area contributed by atoms with Crippen LogP contribution in [-0.2, 0) is 14.3 Å². The van der Waals surface area contributed by atoms with Gasteiger partial charge in [-0.1, -0.05) is 13.3 Å². The molecule has 0 saturated heterocycles. The maximum Gasteiger partial charge on any atom is 0.264 e. The molecule has 0 unspecified atom stereocenters. The van der Waals surface area contributed by atoms with E-state index in [1.54, 1.807) is 6.92 Å². The molecule has 0 spiro atoms. The van der Waals surface area contributed by atoms with Gasteiger partial charge in [0.25, 0.3) is 5.91 Å². The fourth-order valence-corrected chi connectivity index (χ4v) is 0.770. The van der Waals surface area contributed by atoms with E-state index in [-0.39, 0.29) is 18.4 Å². The van der Waals surface area contributed by atoms with Gasteiger partial charge < -0.3 is 4.74 Å². The predicted octanol–water partition coefficient (Wildman–Crippen LogP) is 0.360. The molecule has 0 radical (unpaired) electrons. The molecule has 0 atom stereocenters. The molecule has 2 amide bonds. The molecule has 5 heteroatoms. The number of carbonyl (C=O) groups excluding carboxylic acids is 2. The molecular weight excluding hydrogens is 184 g/mol. The highest BCUT2D eigenvalue weighted by molar-refractivity contribution is 5.82. The van der Waals surface area contributed by atoms with Crippen LogP contribution in [0.2, 0.25) is 0 Å². The maximum atomic E-state index is 11.0. The highest BCUT2D eigenvalue weighted by atomic mass is 16.5. The van der Waals surface area contributed by atoms with Gasteiger partial charge in [0.2, 0.25) is 5.91 Å². The van der Waals surface area contributed by atoms with Crippen LogP contribution in [0, 0.1) is 0 Å². The molecular formula is C9H18N2O3. The summed E-state index contributed by atoms with van der Waals surface area (Å²) in [4.78, 5) is 21.9. The Labute approximate surface area is 84.2 Å². The van der Waals surface area contributed by atoms with Gasteiger partial charge in [-0.3, -0.25) is 20.4 Å². The minimum Gasteiger partial charge on any atom is -0.372 e. The lowest BCUT2D eigenvalue weighted by Crippen LogP contribution is -2.43. The van der Waals surface area contributed by atoms with Gasteiger partial charge in [0.05, 0.1) is 0 Å². The standard InChI is InChI=1S/C9H18N2O3/c1-3-5-6-8(12)10-11-9(13)7-14-4-2/h3-7H2,1-2H3,(H,10,12)(H,11,13). The van der Waals surface area contributed by atoms with Crippen LogP contribution in [-0.4, -0.2) is 25.0 Å². The van der Waals surface area contributed by atoms with Crippen molar-refractivity contribution in [3.8, 4) is 0 Å². The van der Waals surface area contributed by atoms with Crippen LogP contribution in [0.3, 0.4) is 0 Å². The SMILES string of the molecule is CCCCC(=O)NNC(=O)COCC. The van der Waals surface area contributed by atoms with Crippen molar-refractivity contribution in [1.82, 2.24) is 10.9 Å². The van der Waals surface area contributed by atoms with E-state index >= 15 is 0 Å². The quantitative estimate of drug-likeness (QED) is 0.611. The summed E-state index contributed by atoms with van der Waals surface area (Å²) in [6.45, 7) is 4.26. The highest BCUT2D eigenvalue weighted by Crippen LogP contribution is 1.91. The van der Waals surface area contributed by atoms with Gasteiger partial charge in [0.15, 0.2) is 0 Å². The Morgan fingerprint density at radius 2 is 1.79 bits per heavy atom. The fraction of sp³-hybridized carbons (Fsp3) is 0.778. The van der Waals surface area contributed by atoms with Crippen molar-refractivity contribution in [3.05, 3.63) is 0 Å². The van der Waals surface area contributed by atoms with Gasteiger partial charge >= 0.3 is 0 Å². The summed E-state index contributed by atoms with van der Waals surface area (Å²) in [7, 11) is 0. The molecule has 5 nitrogen and oxygen atoms in total. The second kappa shape index (κ2) is 8.50. The van der Waals surface area contributed by atoms with E-state index in [1.807, 2.05) is 6.92 Å². The van der Waals surface area contributed by atoms with Crippen molar-refractivity contribution in [2.75, 3.05) is 13.2 Å². The van der Waals surface area contributed by atoms with E-state index in [4.69, 9.17) is 4.74 Å². The molecule has 82 valence electrons. The van der Waals surface area contributed by atoms with Gasteiger partial charge in [0.1, 0.15) is 6.61 Å². The Morgan fingerprint density at radius 1 is 1.14 bits per heavy atom. The smallest absolute Gasteiger partial charge is 0.264 e. The predicted molar refractivity (Wildman–Crippen MR) is 52.3 cm³/mol. The number of hydrazine groups is 1. The Balaban J connectivity index is 3.41. The molecule has 0 aromatic heterocycles. The second-order valence-corrected chi connectivity index (χ2v) is 2.84. The molecule has 0 aliphatic carbocycles. The minimum atomic E-state index is -0.336. The number of ether oxygens (including phenoxy) is 1. The molecule has 0 aromatic rings. The summed E-state index contributed by atoms with van der Waals surface area (Å²) in [5, 5.41) is 0. The number of nitrogens with one attached hydrogen (secondary N) is 2. The van der Waals surface area contributed by atoms with E-state index in [1.165, 1.54) is 0 Å². The number of hydrogen-bond donors (Lipinski definition) is 2. The van der Waals surface area contributed by atoms with Crippen LogP contribution in [0.25, 0.3) is 0 Å². The summed E-state index contributed by atoms with van der Waals surface area (Å²) >= 11 is 0. The number of rotatable bonds is 6. The lowest BCUT2D eigenvalue weighted by atomic mass is 10.2. The van der Waals surface area contributed by atoms with E-state index in [0.717, 1.165) is 12.8 Å². The third kappa shape index (κ3) is 7.54. The van der Waals surface area contributed by atoms with Gasteiger partial charge in [-0.05, 0) is 13.3 Å². The maximum absolute atomic E-state index is 11.0. The van der Waals surface area contributed by atoms with Crippen molar-refractivity contribution in [3.63, 3.8) is 0 Å². The van der Waals surface area contributed by atoms with Crippen molar-refractivity contribution >= 4 is 11.8 Å². The molecule has 0 saturated carbocycles. The first-order valence-corrected chi connectivity index (χ1v) is 4.86. The van der Waals surface area contributed by atoms with Gasteiger partial charge in [-0.25, -0.2) is 0 Å². The molecule has 0 aromatic carbocycles. The molecule has 0 aliphatic rings. The first-order chi connectivity index (χ1) is 6.70. The lowest BCUT2D eigenvalue weighted by Gasteiger charge is -2.06. The van der Waals surface area contributed by atoms with Gasteiger partial charge in [-0.15, -0.1) is 0 Å². The average Bonchev–Trinajstić information content (AvgIpc) is 2.20. The summed E-state index contributed by atoms with van der Waals surface area (Å²) in [6.07, 6.45) is 2.22. The third-order valence-corrected chi connectivity index (χ3v) is 1.54. The second-order valence-electron chi connectivity index (χ2n) is 2.84. The van der Waals surface area contributed by atoms with Crippen molar-refractivity contribution in [2.45, 2.75) is 33.1 Å². The first-order valence-electron chi connectivity index (χ1n) is 4.86. The molecule has 0 heterocycles. The van der Waals surface area contributed by atoms with E-state index < -0.39 is 0 Å². The fourth-order valence-electron chi connectivity index (χ4n) is 0.770. The molecule has 0 aliphatic heterocycles. The Bertz CT molecular complexity index is 163. The number of unbranched alkanes of at least 4 members (excludes halogenated alkanes) is 1. The van der Waals surface area contributed by atoms with Crippen LogP contribution >= 0.6 is 0 Å². The first kappa shape index (κ1) is 12.9. The molecule has 0 rings (SSSR count). The number of carbonyl (C=O) groups is 2. The van der Waals surface area contributed by atoms with Crippen LogP contribution in [0.4, 0.5) is 0 Å². The van der Waals surface area contributed by atoms with Crippen LogP contribution < -0.4 is 10.9 Å². The zero-order valence-corrected chi connectivity index (χ0v) is 8.76. The zero-order chi connectivity index (χ0) is 10.8. The summed E-state index contributed by atoms with van der Waals surface area (Å²) in [5.74, 6) is -0.506. The summed E-state index contributed by atoms with van der Waals surface area (Å²) in [6, 6.07) is 0. The monoisotopic (exact) mass is 202 g/mol. The van der Waals surface area contributed by atoms with Gasteiger partial charge in [0, 0.05) is 13.0 Å². The normalized spacial score (nSPS) is 9.57. The van der Waals surface area contributed by atoms with E-state index in [0.29, 0.717) is 13.0 Å². The van der Waals surface area contributed by atoms with Crippen LogP contribution in [0.5, 0.6) is 0 Å². The van der Waals surface area contributed by atoms with Crippen molar-refractivity contribution < 1.29 is 14.3 Å². The van der Waals surface area contributed by atoms with E-state index in [9.17, 15) is 9.59 Å². The number of hydrogen-bond acceptors (Lipinski definition) is 3. The Hall–Kier alpha value is -1.10. The van der Waals surface area contributed by atoms with Crippen LogP contribution in [0.15, 0.2) is 0 Å². The molecule has 2 N–H and O–H groups in total. The topological polar surface area (TPSA) is 67.4 Å². The highest BCUT2D eigenvalue weighted by Gasteiger charge is 2.03. The van der Waals surface area contributed by atoms with E-state index in [2.05, 4.69) is 10.9 Å². The molecule has 0 fully saturated rings. The summed E-state index contributed by atoms with van der Waals surface area (Å²) < 4.78 is 4.85. The molecule has 14 heavy (non-hydrogen) atoms. The zero-order valence-electron chi connectivity index (χ0n) is 8.76. The Morgan fingerprint density at radius 3 is 2.36 bits per heavy atom. The Kier molecular flexibility index (Phi) is 7.83. The average molecular weight is 202 g/mol. The summed E-state index contributed by atoms with van der Waals surface area (Å²) in [5.41, 5.74) is 4.57. The third-order valence-electron chi connectivity index (χ3n) is 1.54. The largest absolute Gasteiger partial charge is 0.372 e. The lowest BCUT2D eigenvalue weighted by molar-refractivity contribution is -0.131. The minimum absolute atomic E-state index is 0.0233. The van der Waals surface area contributed by atoms with Crippen molar-refractivity contribution in [2.24, 2.45) is 0 Å². The molecule has 0 bridgehead atoms. The number of amides is 2.